The van der Waals surface area contributed by atoms with Gasteiger partial charge in [0.05, 0.1) is 22.4 Å². The first kappa shape index (κ1) is 11.9. The summed E-state index contributed by atoms with van der Waals surface area (Å²) in [5.74, 6) is -2.50. The summed E-state index contributed by atoms with van der Waals surface area (Å²) >= 11 is 0. The summed E-state index contributed by atoms with van der Waals surface area (Å²) in [5, 5.41) is 16.2. The molecule has 162 valence electrons. The van der Waals surface area contributed by atoms with Crippen molar-refractivity contribution in [3.8, 4) is 0 Å². The molecule has 0 bridgehead atoms. The summed E-state index contributed by atoms with van der Waals surface area (Å²) in [6.07, 6.45) is -3.82. The summed E-state index contributed by atoms with van der Waals surface area (Å²) in [6, 6.07) is -0.852. The maximum Gasteiger partial charge on any atom is 0.322 e. The maximum atomic E-state index is 14.9. The Labute approximate surface area is 189 Å². The first-order valence-corrected chi connectivity index (χ1v) is 9.23. The fraction of sp³-hybridized carbons (Fsp3) is 0.381. The molecule has 0 aliphatic carbocycles. The van der Waals surface area contributed by atoms with E-state index >= 15 is 0 Å². The minimum atomic E-state index is -2.84. The second kappa shape index (κ2) is 7.77. The largest absolute Gasteiger partial charge is 0.391 e. The molecule has 3 aromatic rings. The molecule has 5 rings (SSSR count). The van der Waals surface area contributed by atoms with Gasteiger partial charge in [-0.25, -0.2) is 23.1 Å². The minimum absolute atomic E-state index is 0.197. The molecule has 2 N–H and O–H groups in total. The monoisotopic (exact) mass is 437 g/mol. The number of urea groups is 1. The number of rotatable bonds is 3. The summed E-state index contributed by atoms with van der Waals surface area (Å²) in [6.45, 7) is -7.94. The zero-order valence-corrected chi connectivity index (χ0v) is 15.8. The molecule has 4 heterocycles. The van der Waals surface area contributed by atoms with Gasteiger partial charge in [0, 0.05) is 39.5 Å². The Morgan fingerprint density at radius 3 is 3.00 bits per heavy atom. The number of carbonyl (C=O) groups excluding carboxylic acids is 1. The van der Waals surface area contributed by atoms with Crippen molar-refractivity contribution < 1.29 is 31.0 Å². The fourth-order valence-corrected chi connectivity index (χ4v) is 3.24. The quantitative estimate of drug-likeness (QED) is 0.658. The standard InChI is InChI=1S/C21H22F2N6O2/c22-13-3-4-16(23)15(10-13)18-2-1-7-28(18)19-6-9-29-20(26-19)17(11-24-29)25-21(31)27-8-5-14(30)12-27/h3-4,6,9-11,14,18,30H,1-2,5,7-8,12H2,(H,25,31)/t14-,18+/m0/s1/i2D2,7D2,8D2,12D2,18D. The van der Waals surface area contributed by atoms with Crippen LogP contribution in [0.5, 0.6) is 0 Å². The number of likely N-dealkylation sites (tertiary alicyclic amines) is 1. The van der Waals surface area contributed by atoms with Crippen LogP contribution in [0.25, 0.3) is 5.65 Å². The van der Waals surface area contributed by atoms with Crippen molar-refractivity contribution in [3.63, 3.8) is 0 Å². The van der Waals surface area contributed by atoms with E-state index in [4.69, 9.17) is 12.3 Å². The first-order chi connectivity index (χ1) is 18.3. The van der Waals surface area contributed by atoms with Gasteiger partial charge in [0.2, 0.25) is 0 Å². The van der Waals surface area contributed by atoms with Crippen molar-refractivity contribution in [3.05, 3.63) is 53.9 Å². The SMILES string of the molecule is [2H]C1([2H])C[C@H](O)C([2H])([2H])N1C(=O)Nc1cnn2ccc(N3C([2H])([2H])CC([2H])([2H])[C@]3([2H])c3cc(F)ccc3F)nc12. The molecule has 2 amide bonds. The Bertz CT molecular complexity index is 1520. The third-order valence-electron chi connectivity index (χ3n) is 4.65. The molecule has 0 radical (unpaired) electrons. The third-order valence-corrected chi connectivity index (χ3v) is 4.65. The van der Waals surface area contributed by atoms with E-state index in [2.05, 4.69) is 15.4 Å². The third kappa shape index (κ3) is 3.67. The van der Waals surface area contributed by atoms with E-state index < -0.39 is 79.9 Å². The Morgan fingerprint density at radius 2 is 2.19 bits per heavy atom. The highest BCUT2D eigenvalue weighted by molar-refractivity contribution is 5.93. The molecule has 8 nitrogen and oxygen atoms in total. The number of aliphatic hydroxyl groups is 1. The molecule has 2 fully saturated rings. The average Bonchev–Trinajstić information content (AvgIpc) is 3.32. The first-order valence-electron chi connectivity index (χ1n) is 13.7. The molecule has 31 heavy (non-hydrogen) atoms. The van der Waals surface area contributed by atoms with E-state index in [-0.39, 0.29) is 16.2 Å². The lowest BCUT2D eigenvalue weighted by Gasteiger charge is -2.26. The van der Waals surface area contributed by atoms with Gasteiger partial charge >= 0.3 is 6.03 Å². The van der Waals surface area contributed by atoms with Gasteiger partial charge in [-0.2, -0.15) is 5.10 Å². The van der Waals surface area contributed by atoms with Crippen LogP contribution in [0.1, 0.15) is 43.1 Å². The van der Waals surface area contributed by atoms with Gasteiger partial charge in [0.25, 0.3) is 0 Å². The molecule has 2 saturated heterocycles. The topological polar surface area (TPSA) is 86.0 Å². The predicted octanol–water partition coefficient (Wildman–Crippen LogP) is 2.95. The molecule has 0 spiro atoms. The van der Waals surface area contributed by atoms with E-state index in [0.717, 1.165) is 16.8 Å². The Morgan fingerprint density at radius 1 is 1.32 bits per heavy atom. The molecule has 2 aliphatic rings. The van der Waals surface area contributed by atoms with Crippen LogP contribution in [0.15, 0.2) is 36.7 Å². The second-order valence-electron chi connectivity index (χ2n) is 6.70. The molecular formula is C21H22F2N6O2. The van der Waals surface area contributed by atoms with E-state index in [9.17, 15) is 18.7 Å². The van der Waals surface area contributed by atoms with Gasteiger partial charge in [-0.05, 0) is 43.5 Å². The number of β-amino-alcohol motifs (C(OH)–C–C–N with tert-alkyl or cyclic N) is 1. The molecule has 2 aliphatic heterocycles. The number of hydrogen-bond acceptors (Lipinski definition) is 5. The van der Waals surface area contributed by atoms with Crippen LogP contribution < -0.4 is 10.2 Å². The van der Waals surface area contributed by atoms with Gasteiger partial charge in [0.15, 0.2) is 5.65 Å². The van der Waals surface area contributed by atoms with Gasteiger partial charge in [0.1, 0.15) is 23.1 Å². The molecule has 2 aromatic heterocycles. The number of amides is 2. The second-order valence-corrected chi connectivity index (χ2v) is 6.70. The van der Waals surface area contributed by atoms with Crippen LogP contribution in [-0.4, -0.2) is 56.2 Å². The van der Waals surface area contributed by atoms with Crippen molar-refractivity contribution in [2.24, 2.45) is 0 Å². The molecule has 0 saturated carbocycles. The van der Waals surface area contributed by atoms with Gasteiger partial charge < -0.3 is 20.2 Å². The number of benzene rings is 1. The highest BCUT2D eigenvalue weighted by atomic mass is 19.1. The van der Waals surface area contributed by atoms with Crippen LogP contribution in [0.4, 0.5) is 25.1 Å². The van der Waals surface area contributed by atoms with Crippen molar-refractivity contribution in [1.29, 1.82) is 0 Å². The molecule has 0 unspecified atom stereocenters. The van der Waals surface area contributed by atoms with Crippen molar-refractivity contribution in [1.82, 2.24) is 19.5 Å². The smallest absolute Gasteiger partial charge is 0.322 e. The number of fused-ring (bicyclic) bond motifs is 1. The van der Waals surface area contributed by atoms with Crippen LogP contribution in [0.2, 0.25) is 0 Å². The van der Waals surface area contributed by atoms with Crippen LogP contribution in [-0.2, 0) is 0 Å². The number of aromatic nitrogens is 3. The van der Waals surface area contributed by atoms with E-state index in [1.165, 1.54) is 12.3 Å². The van der Waals surface area contributed by atoms with Crippen LogP contribution >= 0.6 is 0 Å². The zero-order valence-electron chi connectivity index (χ0n) is 24.8. The Hall–Kier alpha value is -3.27. The van der Waals surface area contributed by atoms with Gasteiger partial charge in [-0.15, -0.1) is 0 Å². The average molecular weight is 437 g/mol. The Balaban J connectivity index is 1.60. The number of anilines is 2. The van der Waals surface area contributed by atoms with E-state index in [1.54, 1.807) is 0 Å². The fourth-order valence-electron chi connectivity index (χ4n) is 3.24. The summed E-state index contributed by atoms with van der Waals surface area (Å²) < 4.78 is 105. The number of nitrogens with zero attached hydrogens (tertiary/aromatic N) is 5. The lowest BCUT2D eigenvalue weighted by Crippen LogP contribution is -2.33. The number of hydrogen-bond donors (Lipinski definition) is 2. The molecule has 2 atom stereocenters. The highest BCUT2D eigenvalue weighted by Gasteiger charge is 2.30. The number of nitrogens with one attached hydrogen (secondary N) is 1. The number of halogens is 2. The molecular weight excluding hydrogens is 406 g/mol. The van der Waals surface area contributed by atoms with E-state index in [0.29, 0.717) is 17.0 Å². The predicted molar refractivity (Wildman–Crippen MR) is 110 cm³/mol. The molecule has 10 heteroatoms. The minimum Gasteiger partial charge on any atom is -0.391 e. The van der Waals surface area contributed by atoms with Crippen molar-refractivity contribution in [2.75, 3.05) is 29.7 Å². The van der Waals surface area contributed by atoms with Crippen molar-refractivity contribution in [2.45, 2.75) is 31.3 Å². The molecule has 1 aromatic carbocycles. The summed E-state index contributed by atoms with van der Waals surface area (Å²) in [4.78, 5) is 18.0. The van der Waals surface area contributed by atoms with E-state index in [1.807, 2.05) is 0 Å². The van der Waals surface area contributed by atoms with Crippen molar-refractivity contribution >= 4 is 23.2 Å². The van der Waals surface area contributed by atoms with Gasteiger partial charge in [-0.1, -0.05) is 0 Å². The van der Waals surface area contributed by atoms with Crippen LogP contribution in [0, 0.1) is 11.6 Å². The summed E-state index contributed by atoms with van der Waals surface area (Å²) in [5.41, 5.74) is -1.16. The highest BCUT2D eigenvalue weighted by Crippen LogP contribution is 2.37. The maximum absolute atomic E-state index is 14.9. The van der Waals surface area contributed by atoms with Crippen LogP contribution in [0.3, 0.4) is 0 Å². The number of carbonyl (C=O) groups is 1. The Kier molecular flexibility index (Phi) is 2.99. The van der Waals surface area contributed by atoms with Gasteiger partial charge in [-0.3, -0.25) is 0 Å². The normalized spacial score (nSPS) is 34.4. The zero-order chi connectivity index (χ0) is 29.6. The lowest BCUT2D eigenvalue weighted by molar-refractivity contribution is 0.176. The number of aliphatic hydroxyl groups excluding tert-OH is 1. The summed E-state index contributed by atoms with van der Waals surface area (Å²) in [7, 11) is 0. The lowest BCUT2D eigenvalue weighted by atomic mass is 10.0.